The Morgan fingerprint density at radius 3 is 2.60 bits per heavy atom. The van der Waals surface area contributed by atoms with Crippen LogP contribution in [-0.4, -0.2) is 38.2 Å². The molecule has 30 heavy (non-hydrogen) atoms. The fraction of sp³-hybridized carbons (Fsp3) is 0.304. The third-order valence-electron chi connectivity index (χ3n) is 4.27. The minimum atomic E-state index is 0.432. The molecule has 0 radical (unpaired) electrons. The molecule has 0 aliphatic rings. The van der Waals surface area contributed by atoms with Gasteiger partial charge in [0.2, 0.25) is 0 Å². The molecule has 0 spiro atoms. The summed E-state index contributed by atoms with van der Waals surface area (Å²) >= 11 is 5.08. The molecule has 0 amide bonds. The van der Waals surface area contributed by atoms with Gasteiger partial charge in [0.15, 0.2) is 16.6 Å². The second-order valence-corrected chi connectivity index (χ2v) is 6.98. The highest BCUT2D eigenvalue weighted by Gasteiger charge is 2.05. The maximum atomic E-state index is 5.85. The number of nitrogens with zero attached hydrogens (tertiary/aromatic N) is 1. The van der Waals surface area contributed by atoms with Crippen LogP contribution >= 0.6 is 12.2 Å². The summed E-state index contributed by atoms with van der Waals surface area (Å²) in [6.07, 6.45) is 4.14. The molecule has 0 heterocycles. The van der Waals surface area contributed by atoms with Crippen LogP contribution in [-0.2, 0) is 0 Å². The normalized spacial score (nSPS) is 10.5. The second kappa shape index (κ2) is 12.5. The molecule has 2 rings (SSSR count). The molecule has 6 nitrogen and oxygen atoms in total. The zero-order valence-corrected chi connectivity index (χ0v) is 18.6. The second-order valence-electron chi connectivity index (χ2n) is 6.58. The van der Waals surface area contributed by atoms with Gasteiger partial charge in [-0.05, 0) is 73.1 Å². The summed E-state index contributed by atoms with van der Waals surface area (Å²) in [6.45, 7) is 9.48. The number of hydrazone groups is 1. The number of nitrogens with one attached hydrogen (secondary N) is 2. The van der Waals surface area contributed by atoms with Crippen molar-refractivity contribution in [1.29, 1.82) is 0 Å². The van der Waals surface area contributed by atoms with E-state index in [1.54, 1.807) is 19.4 Å². The van der Waals surface area contributed by atoms with E-state index in [2.05, 4.69) is 48.4 Å². The Kier molecular flexibility index (Phi) is 9.67. The molecule has 0 bridgehead atoms. The van der Waals surface area contributed by atoms with Crippen LogP contribution in [0.2, 0.25) is 0 Å². The summed E-state index contributed by atoms with van der Waals surface area (Å²) in [5, 5.41) is 7.46. The Balaban J connectivity index is 1.79. The summed E-state index contributed by atoms with van der Waals surface area (Å²) in [7, 11) is 1.61. The quantitative estimate of drug-likeness (QED) is 0.185. The van der Waals surface area contributed by atoms with Crippen LogP contribution in [0.3, 0.4) is 0 Å². The van der Waals surface area contributed by atoms with Crippen molar-refractivity contribution in [2.45, 2.75) is 20.3 Å². The van der Waals surface area contributed by atoms with Crippen LogP contribution < -0.4 is 25.0 Å². The molecule has 7 heteroatoms. The average molecular weight is 428 g/mol. The number of hydrogen-bond acceptors (Lipinski definition) is 5. The summed E-state index contributed by atoms with van der Waals surface area (Å²) in [4.78, 5) is 0. The molecule has 0 unspecified atom stereocenters. The van der Waals surface area contributed by atoms with Crippen molar-refractivity contribution in [3.05, 3.63) is 65.7 Å². The lowest BCUT2D eigenvalue weighted by molar-refractivity contribution is 0.240. The van der Waals surface area contributed by atoms with Crippen molar-refractivity contribution in [3.8, 4) is 17.2 Å². The van der Waals surface area contributed by atoms with Gasteiger partial charge in [-0.1, -0.05) is 12.1 Å². The number of ether oxygens (including phenoxy) is 3. The molecule has 0 aliphatic carbocycles. The molecule has 0 fully saturated rings. The molecular weight excluding hydrogens is 398 g/mol. The minimum absolute atomic E-state index is 0.432. The summed E-state index contributed by atoms with van der Waals surface area (Å²) < 4.78 is 17.1. The number of aryl methyl sites for hydroxylation is 2. The first kappa shape index (κ1) is 23.2. The van der Waals surface area contributed by atoms with E-state index < -0.39 is 0 Å². The van der Waals surface area contributed by atoms with Gasteiger partial charge in [-0.15, -0.1) is 6.58 Å². The standard InChI is InChI=1S/C23H29N3O3S/c1-5-11-24-23(30)26-25-16-19-8-10-21(22(15-19)27-4)29-13-6-12-28-20-9-7-17(2)18(3)14-20/h5,7-10,14-16H,1,6,11-13H2,2-4H3,(H2,24,26,30). The van der Waals surface area contributed by atoms with Crippen LogP contribution in [0.1, 0.15) is 23.1 Å². The van der Waals surface area contributed by atoms with Gasteiger partial charge in [0.05, 0.1) is 26.5 Å². The van der Waals surface area contributed by atoms with Crippen molar-refractivity contribution in [3.63, 3.8) is 0 Å². The van der Waals surface area contributed by atoms with Crippen molar-refractivity contribution >= 4 is 23.5 Å². The molecule has 0 aromatic heterocycles. The Hall–Kier alpha value is -3.06. The fourth-order valence-electron chi connectivity index (χ4n) is 2.49. The van der Waals surface area contributed by atoms with E-state index in [1.807, 2.05) is 24.3 Å². The molecule has 0 saturated heterocycles. The smallest absolute Gasteiger partial charge is 0.187 e. The van der Waals surface area contributed by atoms with Gasteiger partial charge in [0, 0.05) is 13.0 Å². The number of benzene rings is 2. The summed E-state index contributed by atoms with van der Waals surface area (Å²) in [6, 6.07) is 11.7. The van der Waals surface area contributed by atoms with Gasteiger partial charge in [0.25, 0.3) is 0 Å². The number of methoxy groups -OCH3 is 1. The van der Waals surface area contributed by atoms with Crippen molar-refractivity contribution in [2.75, 3.05) is 26.9 Å². The van der Waals surface area contributed by atoms with Gasteiger partial charge in [0.1, 0.15) is 5.75 Å². The highest BCUT2D eigenvalue weighted by Crippen LogP contribution is 2.27. The first-order valence-electron chi connectivity index (χ1n) is 9.72. The van der Waals surface area contributed by atoms with E-state index in [0.717, 1.165) is 17.7 Å². The zero-order valence-electron chi connectivity index (χ0n) is 17.7. The van der Waals surface area contributed by atoms with Crippen LogP contribution in [0.15, 0.2) is 54.2 Å². The largest absolute Gasteiger partial charge is 0.493 e. The molecule has 2 aromatic carbocycles. The Bertz CT molecular complexity index is 884. The van der Waals surface area contributed by atoms with Crippen LogP contribution in [0.25, 0.3) is 0 Å². The van der Waals surface area contributed by atoms with Crippen molar-refractivity contribution in [2.24, 2.45) is 5.10 Å². The topological polar surface area (TPSA) is 64.1 Å². The third-order valence-corrected chi connectivity index (χ3v) is 4.50. The lowest BCUT2D eigenvalue weighted by atomic mass is 10.1. The number of rotatable bonds is 11. The van der Waals surface area contributed by atoms with Gasteiger partial charge < -0.3 is 19.5 Å². The van der Waals surface area contributed by atoms with E-state index in [1.165, 1.54) is 11.1 Å². The van der Waals surface area contributed by atoms with E-state index in [0.29, 0.717) is 36.4 Å². The van der Waals surface area contributed by atoms with Crippen molar-refractivity contribution < 1.29 is 14.2 Å². The molecule has 0 saturated carbocycles. The first-order chi connectivity index (χ1) is 14.5. The highest BCUT2D eigenvalue weighted by molar-refractivity contribution is 7.80. The summed E-state index contributed by atoms with van der Waals surface area (Å²) in [5.74, 6) is 2.20. The maximum Gasteiger partial charge on any atom is 0.187 e. The van der Waals surface area contributed by atoms with Crippen LogP contribution in [0.4, 0.5) is 0 Å². The lowest BCUT2D eigenvalue weighted by Gasteiger charge is -2.12. The molecule has 160 valence electrons. The molecule has 0 aliphatic heterocycles. The van der Waals surface area contributed by atoms with Gasteiger partial charge in [-0.3, -0.25) is 5.43 Å². The Morgan fingerprint density at radius 1 is 1.07 bits per heavy atom. The third kappa shape index (κ3) is 7.75. The Morgan fingerprint density at radius 2 is 1.87 bits per heavy atom. The van der Waals surface area contributed by atoms with Crippen LogP contribution in [0.5, 0.6) is 17.2 Å². The van der Waals surface area contributed by atoms with Gasteiger partial charge >= 0.3 is 0 Å². The predicted octanol–water partition coefficient (Wildman–Crippen LogP) is 4.14. The zero-order chi connectivity index (χ0) is 21.8. The molecule has 2 aromatic rings. The molecular formula is C23H29N3O3S. The van der Waals surface area contributed by atoms with E-state index in [4.69, 9.17) is 26.4 Å². The number of hydrogen-bond donors (Lipinski definition) is 2. The molecule has 0 atom stereocenters. The maximum absolute atomic E-state index is 5.85. The highest BCUT2D eigenvalue weighted by atomic mass is 32.1. The van der Waals surface area contributed by atoms with Crippen LogP contribution in [0, 0.1) is 13.8 Å². The van der Waals surface area contributed by atoms with Gasteiger partial charge in [-0.2, -0.15) is 5.10 Å². The average Bonchev–Trinajstić information content (AvgIpc) is 2.75. The number of thiocarbonyl (C=S) groups is 1. The van der Waals surface area contributed by atoms with Crippen molar-refractivity contribution in [1.82, 2.24) is 10.7 Å². The first-order valence-corrected chi connectivity index (χ1v) is 10.1. The Labute approximate surface area is 183 Å². The fourth-order valence-corrected chi connectivity index (χ4v) is 2.62. The van der Waals surface area contributed by atoms with E-state index in [-0.39, 0.29) is 0 Å². The van der Waals surface area contributed by atoms with E-state index in [9.17, 15) is 0 Å². The summed E-state index contributed by atoms with van der Waals surface area (Å²) in [5.41, 5.74) is 6.08. The minimum Gasteiger partial charge on any atom is -0.493 e. The van der Waals surface area contributed by atoms with Gasteiger partial charge in [-0.25, -0.2) is 0 Å². The van der Waals surface area contributed by atoms with E-state index >= 15 is 0 Å². The SMILES string of the molecule is C=CCNC(=S)NN=Cc1ccc(OCCCOc2ccc(C)c(C)c2)c(OC)c1. The monoisotopic (exact) mass is 427 g/mol. The molecule has 2 N–H and O–H groups in total. The lowest BCUT2D eigenvalue weighted by Crippen LogP contribution is -2.31. The predicted molar refractivity (Wildman–Crippen MR) is 126 cm³/mol.